The summed E-state index contributed by atoms with van der Waals surface area (Å²) in [5, 5.41) is 6.47. The Kier molecular flexibility index (Phi) is 10.3. The molecule has 1 aliphatic heterocycles. The van der Waals surface area contributed by atoms with Gasteiger partial charge in [-0.15, -0.1) is 24.0 Å². The number of piperidine rings is 1. The van der Waals surface area contributed by atoms with E-state index in [0.717, 1.165) is 37.2 Å². The highest BCUT2D eigenvalue weighted by Gasteiger charge is 2.22. The largest absolute Gasteiger partial charge is 0.444 e. The van der Waals surface area contributed by atoms with Gasteiger partial charge >= 0.3 is 0 Å². The first-order valence-electron chi connectivity index (χ1n) is 10.9. The molecule has 3 rings (SSSR count). The van der Waals surface area contributed by atoms with Crippen LogP contribution in [0.4, 0.5) is 0 Å². The molecule has 2 heterocycles. The van der Waals surface area contributed by atoms with Gasteiger partial charge in [0.2, 0.25) is 11.8 Å². The van der Waals surface area contributed by atoms with Crippen LogP contribution < -0.4 is 10.6 Å². The van der Waals surface area contributed by atoms with Gasteiger partial charge in [0.1, 0.15) is 12.0 Å². The van der Waals surface area contributed by atoms with E-state index < -0.39 is 0 Å². The van der Waals surface area contributed by atoms with E-state index in [0.29, 0.717) is 37.4 Å². The van der Waals surface area contributed by atoms with E-state index in [9.17, 15) is 4.79 Å². The third-order valence-corrected chi connectivity index (χ3v) is 5.35. The number of nitrogens with one attached hydrogen (secondary N) is 2. The quantitative estimate of drug-likeness (QED) is 0.315. The lowest BCUT2D eigenvalue weighted by molar-refractivity contribution is -0.134. The number of oxazole rings is 1. The van der Waals surface area contributed by atoms with Crippen LogP contribution in [0.5, 0.6) is 0 Å². The van der Waals surface area contributed by atoms with Crippen molar-refractivity contribution < 1.29 is 9.21 Å². The summed E-state index contributed by atoms with van der Waals surface area (Å²) >= 11 is 0. The number of likely N-dealkylation sites (tertiary alicyclic amines) is 1. The number of carbonyl (C=O) groups is 1. The molecule has 0 saturated carbocycles. The first kappa shape index (κ1) is 25.2. The van der Waals surface area contributed by atoms with E-state index in [-0.39, 0.29) is 29.9 Å². The van der Waals surface area contributed by atoms with Gasteiger partial charge in [0.25, 0.3) is 0 Å². The molecular formula is C23H34IN5O2. The molecule has 0 bridgehead atoms. The van der Waals surface area contributed by atoms with Crippen LogP contribution in [0.3, 0.4) is 0 Å². The third kappa shape index (κ3) is 7.52. The van der Waals surface area contributed by atoms with E-state index in [4.69, 9.17) is 4.42 Å². The van der Waals surface area contributed by atoms with E-state index in [2.05, 4.69) is 34.5 Å². The number of aryl methyl sites for hydroxylation is 1. The van der Waals surface area contributed by atoms with E-state index in [1.165, 1.54) is 12.0 Å². The van der Waals surface area contributed by atoms with E-state index in [1.807, 2.05) is 36.1 Å². The summed E-state index contributed by atoms with van der Waals surface area (Å²) in [6, 6.07) is 8.43. The van der Waals surface area contributed by atoms with Gasteiger partial charge in [-0.2, -0.15) is 0 Å². The van der Waals surface area contributed by atoms with Crippen molar-refractivity contribution in [2.45, 2.75) is 59.0 Å². The molecule has 2 N–H and O–H groups in total. The average molecular weight is 539 g/mol. The fourth-order valence-corrected chi connectivity index (χ4v) is 3.61. The number of guanidine groups is 1. The van der Waals surface area contributed by atoms with Gasteiger partial charge < -0.3 is 20.0 Å². The van der Waals surface area contributed by atoms with Crippen molar-refractivity contribution in [2.24, 2.45) is 4.99 Å². The van der Waals surface area contributed by atoms with Crippen molar-refractivity contribution >= 4 is 35.8 Å². The molecule has 1 fully saturated rings. The average Bonchev–Trinajstić information content (AvgIpc) is 3.22. The monoisotopic (exact) mass is 539 g/mol. The summed E-state index contributed by atoms with van der Waals surface area (Å²) in [5.41, 5.74) is 2.91. The number of nitrogens with zero attached hydrogens (tertiary/aromatic N) is 3. The molecule has 8 heteroatoms. The summed E-state index contributed by atoms with van der Waals surface area (Å²) in [4.78, 5) is 23.6. The van der Waals surface area contributed by atoms with Gasteiger partial charge in [-0.25, -0.2) is 9.98 Å². The van der Waals surface area contributed by atoms with Gasteiger partial charge in [0, 0.05) is 37.7 Å². The van der Waals surface area contributed by atoms with Crippen molar-refractivity contribution in [3.63, 3.8) is 0 Å². The minimum absolute atomic E-state index is 0. The molecule has 7 nitrogen and oxygen atoms in total. The molecular weight excluding hydrogens is 505 g/mol. The topological polar surface area (TPSA) is 82.8 Å². The van der Waals surface area contributed by atoms with Crippen LogP contribution in [0.25, 0.3) is 11.5 Å². The van der Waals surface area contributed by atoms with Gasteiger partial charge in [-0.1, -0.05) is 17.7 Å². The van der Waals surface area contributed by atoms with Crippen molar-refractivity contribution in [1.29, 1.82) is 0 Å². The number of hydrogen-bond donors (Lipinski definition) is 2. The normalized spacial score (nSPS) is 16.5. The molecule has 0 radical (unpaired) electrons. The van der Waals surface area contributed by atoms with Crippen molar-refractivity contribution in [2.75, 3.05) is 19.6 Å². The fourth-order valence-electron chi connectivity index (χ4n) is 3.61. The highest BCUT2D eigenvalue weighted by molar-refractivity contribution is 14.0. The molecule has 0 spiro atoms. The molecule has 170 valence electrons. The summed E-state index contributed by atoms with van der Waals surface area (Å²) in [5.74, 6) is 1.49. The maximum Gasteiger partial charge on any atom is 0.226 e. The zero-order chi connectivity index (χ0) is 21.3. The molecule has 1 atom stereocenters. The van der Waals surface area contributed by atoms with Gasteiger partial charge in [0.05, 0.1) is 6.54 Å². The minimum Gasteiger partial charge on any atom is -0.444 e. The Morgan fingerprint density at radius 1 is 1.26 bits per heavy atom. The molecule has 1 aliphatic rings. The fraction of sp³-hybridized carbons (Fsp3) is 0.522. The lowest BCUT2D eigenvalue weighted by atomic mass is 10.0. The number of aliphatic imine (C=N–C) groups is 1. The predicted molar refractivity (Wildman–Crippen MR) is 135 cm³/mol. The Hall–Kier alpha value is -2.10. The lowest BCUT2D eigenvalue weighted by Crippen LogP contribution is -2.44. The Morgan fingerprint density at radius 3 is 2.74 bits per heavy atom. The summed E-state index contributed by atoms with van der Waals surface area (Å²) < 4.78 is 5.60. The summed E-state index contributed by atoms with van der Waals surface area (Å²) in [6.07, 6.45) is 5.54. The minimum atomic E-state index is 0. The molecule has 31 heavy (non-hydrogen) atoms. The summed E-state index contributed by atoms with van der Waals surface area (Å²) in [7, 11) is 0. The first-order chi connectivity index (χ1) is 14.6. The number of amides is 1. The highest BCUT2D eigenvalue weighted by Crippen LogP contribution is 2.19. The Bertz CT molecular complexity index is 850. The number of aromatic nitrogens is 1. The smallest absolute Gasteiger partial charge is 0.226 e. The number of halogens is 1. The summed E-state index contributed by atoms with van der Waals surface area (Å²) in [6.45, 7) is 8.79. The van der Waals surface area contributed by atoms with Crippen LogP contribution in [0.15, 0.2) is 39.9 Å². The Labute approximate surface area is 202 Å². The zero-order valence-corrected chi connectivity index (χ0v) is 21.0. The second-order valence-electron chi connectivity index (χ2n) is 7.81. The highest BCUT2D eigenvalue weighted by atomic mass is 127. The van der Waals surface area contributed by atoms with Crippen LogP contribution >= 0.6 is 24.0 Å². The number of hydrogen-bond acceptors (Lipinski definition) is 4. The van der Waals surface area contributed by atoms with Gasteiger partial charge in [0.15, 0.2) is 5.96 Å². The van der Waals surface area contributed by atoms with E-state index >= 15 is 0 Å². The maximum atomic E-state index is 12.5. The van der Waals surface area contributed by atoms with E-state index in [1.54, 1.807) is 6.26 Å². The van der Waals surface area contributed by atoms with Crippen molar-refractivity contribution in [3.8, 4) is 11.5 Å². The van der Waals surface area contributed by atoms with Crippen LogP contribution in [0.2, 0.25) is 0 Å². The Morgan fingerprint density at radius 2 is 2.03 bits per heavy atom. The molecule has 1 saturated heterocycles. The predicted octanol–water partition coefficient (Wildman–Crippen LogP) is 4.11. The number of benzene rings is 1. The second kappa shape index (κ2) is 12.7. The third-order valence-electron chi connectivity index (χ3n) is 5.35. The SMILES string of the molecule is CCNC(=NCc1coc(-c2ccc(C)cc2)n1)NCCC(=O)N1CCCCC1C.I. The molecule has 1 aromatic heterocycles. The Balaban J connectivity index is 0.00000341. The molecule has 1 amide bonds. The molecule has 2 aromatic rings. The number of carbonyl (C=O) groups excluding carboxylic acids is 1. The zero-order valence-electron chi connectivity index (χ0n) is 18.7. The molecule has 0 aliphatic carbocycles. The van der Waals surface area contributed by atoms with Crippen molar-refractivity contribution in [3.05, 3.63) is 41.8 Å². The number of rotatable bonds is 7. The van der Waals surface area contributed by atoms with Crippen LogP contribution in [0, 0.1) is 6.92 Å². The van der Waals surface area contributed by atoms with Crippen LogP contribution in [-0.2, 0) is 11.3 Å². The first-order valence-corrected chi connectivity index (χ1v) is 10.9. The lowest BCUT2D eigenvalue weighted by Gasteiger charge is -2.33. The molecule has 1 unspecified atom stereocenters. The maximum absolute atomic E-state index is 12.5. The molecule has 1 aromatic carbocycles. The van der Waals surface area contributed by atoms with Gasteiger partial charge in [-0.3, -0.25) is 4.79 Å². The van der Waals surface area contributed by atoms with Crippen molar-refractivity contribution in [1.82, 2.24) is 20.5 Å². The second-order valence-corrected chi connectivity index (χ2v) is 7.81. The van der Waals surface area contributed by atoms with Gasteiger partial charge in [-0.05, 0) is 52.2 Å². The van der Waals surface area contributed by atoms with Crippen LogP contribution in [-0.4, -0.2) is 47.4 Å². The van der Waals surface area contributed by atoms with Crippen LogP contribution in [0.1, 0.15) is 50.8 Å². The standard InChI is InChI=1S/C23H33N5O2.HI/c1-4-24-23(25-13-12-21(29)28-14-6-5-7-18(28)3)26-15-20-16-30-22(27-20)19-10-8-17(2)9-11-19;/h8-11,16,18H,4-7,12-15H2,1-3H3,(H2,24,25,26);1H.